The second kappa shape index (κ2) is 24.5. The van der Waals surface area contributed by atoms with E-state index in [2.05, 4.69) is 73.8 Å². The lowest BCUT2D eigenvalue weighted by Crippen LogP contribution is -2.40. The number of methoxy groups -OCH3 is 1. The first kappa shape index (κ1) is 59.0. The number of phenols is 1. The summed E-state index contributed by atoms with van der Waals surface area (Å²) in [6, 6.07) is 31.4. The van der Waals surface area contributed by atoms with E-state index in [0.717, 1.165) is 30.5 Å². The fourth-order valence-corrected chi connectivity index (χ4v) is 8.91. The molecule has 0 saturated carbocycles. The van der Waals surface area contributed by atoms with Gasteiger partial charge in [0, 0.05) is 45.3 Å². The number of hydrogen-bond donors (Lipinski definition) is 5. The number of nitrogens with zero attached hydrogens (tertiary/aromatic N) is 3. The first-order valence-electron chi connectivity index (χ1n) is 25.3. The molecule has 7 aromatic carbocycles. The summed E-state index contributed by atoms with van der Waals surface area (Å²) in [6.07, 6.45) is -0.672. The lowest BCUT2D eigenvalue weighted by atomic mass is 9.76. The standard InChI is InChI=1S/C59H59ClN6O13S/c1-9-50(79-51-29-16-36(58(4,5)10-2)30-45(51)59(6,7)11-3)56(70)61-38-19-27-46(60)48(31-38)63-57(71)54(53(68)34-12-22-40(77-8)23-13-34)78-41-24-14-35(15-25-41)55(69)62-47-33-42(80(74,75)76)32-44-43(47)26-28-49(67)52(44)65-64-37-17-20-39(21-18-37)66(72)73/h12-33,50,54,67H,9-11H2,1-8H3,(H,61,70)(H,62,69)(H,63,71)(H,74,75,76). The molecule has 0 aliphatic carbocycles. The number of fused-ring (bicyclic) bond motifs is 1. The number of nitro groups is 1. The molecule has 7 rings (SSSR count). The van der Waals surface area contributed by atoms with Crippen LogP contribution in [-0.2, 0) is 30.5 Å². The average molecular weight is 1130 g/mol. The molecule has 21 heteroatoms. The van der Waals surface area contributed by atoms with Gasteiger partial charge in [-0.25, -0.2) is 0 Å². The van der Waals surface area contributed by atoms with Gasteiger partial charge < -0.3 is 35.3 Å². The lowest BCUT2D eigenvalue weighted by Gasteiger charge is -2.31. The van der Waals surface area contributed by atoms with E-state index >= 15 is 0 Å². The van der Waals surface area contributed by atoms with Gasteiger partial charge >= 0.3 is 0 Å². The molecule has 0 spiro atoms. The van der Waals surface area contributed by atoms with Crippen LogP contribution in [0.4, 0.5) is 34.1 Å². The molecule has 0 radical (unpaired) electrons. The number of Topliss-reactive ketones (excluding diaryl/α,β-unsaturated/α-hetero) is 1. The molecule has 7 aromatic rings. The van der Waals surface area contributed by atoms with Gasteiger partial charge in [0.05, 0.1) is 39.0 Å². The third-order valence-corrected chi connectivity index (χ3v) is 15.0. The van der Waals surface area contributed by atoms with Crippen molar-refractivity contribution < 1.29 is 56.4 Å². The van der Waals surface area contributed by atoms with Crippen molar-refractivity contribution in [3.05, 3.63) is 171 Å². The highest BCUT2D eigenvalue weighted by atomic mass is 35.5. The summed E-state index contributed by atoms with van der Waals surface area (Å²) >= 11 is 6.62. The highest BCUT2D eigenvalue weighted by molar-refractivity contribution is 7.85. The van der Waals surface area contributed by atoms with Gasteiger partial charge in [-0.15, -0.1) is 5.11 Å². The Kier molecular flexibility index (Phi) is 18.1. The minimum atomic E-state index is -4.92. The maximum atomic E-state index is 14.3. The molecular formula is C59H59ClN6O13S. The van der Waals surface area contributed by atoms with Crippen molar-refractivity contribution in [1.82, 2.24) is 0 Å². The van der Waals surface area contributed by atoms with E-state index in [4.69, 9.17) is 25.8 Å². The van der Waals surface area contributed by atoms with Crippen molar-refractivity contribution >= 4 is 90.1 Å². The molecule has 0 aromatic heterocycles. The quantitative estimate of drug-likeness (QED) is 0.0106. The molecule has 80 heavy (non-hydrogen) atoms. The molecular weight excluding hydrogens is 1070 g/mol. The fourth-order valence-electron chi connectivity index (χ4n) is 8.21. The van der Waals surface area contributed by atoms with Crippen LogP contribution >= 0.6 is 11.6 Å². The number of anilines is 3. The summed E-state index contributed by atoms with van der Waals surface area (Å²) in [5, 5.41) is 38.4. The lowest BCUT2D eigenvalue weighted by molar-refractivity contribution is -0.384. The molecule has 0 fully saturated rings. The van der Waals surface area contributed by atoms with E-state index in [0.29, 0.717) is 17.9 Å². The number of halogens is 1. The Bertz CT molecular complexity index is 3650. The largest absolute Gasteiger partial charge is 0.506 e. The summed E-state index contributed by atoms with van der Waals surface area (Å²) < 4.78 is 52.9. The number of ketones is 1. The molecule has 5 N–H and O–H groups in total. The summed E-state index contributed by atoms with van der Waals surface area (Å²) in [4.78, 5) is 66.1. The Morgan fingerprint density at radius 1 is 0.700 bits per heavy atom. The summed E-state index contributed by atoms with van der Waals surface area (Å²) in [5.74, 6) is -2.39. The first-order valence-corrected chi connectivity index (χ1v) is 27.1. The number of phenolic OH excluding ortho intramolecular Hbond substituents is 1. The molecule has 19 nitrogen and oxygen atoms in total. The number of azo groups is 1. The van der Waals surface area contributed by atoms with Crippen molar-refractivity contribution in [2.45, 2.75) is 95.7 Å². The Hall–Kier alpha value is -8.72. The monoisotopic (exact) mass is 1130 g/mol. The van der Waals surface area contributed by atoms with Crippen LogP contribution in [0.25, 0.3) is 10.8 Å². The zero-order valence-electron chi connectivity index (χ0n) is 45.0. The number of nitrogens with one attached hydrogen (secondary N) is 3. The van der Waals surface area contributed by atoms with Crippen LogP contribution in [-0.4, -0.2) is 65.8 Å². The molecule has 0 heterocycles. The van der Waals surface area contributed by atoms with Gasteiger partial charge in [0.2, 0.25) is 11.9 Å². The number of hydrogen-bond acceptors (Lipinski definition) is 14. The molecule has 416 valence electrons. The number of non-ortho nitro benzene ring substituents is 1. The fraction of sp³-hybridized carbons (Fsp3) is 0.254. The maximum absolute atomic E-state index is 14.3. The number of benzene rings is 7. The van der Waals surface area contributed by atoms with Gasteiger partial charge in [0.25, 0.3) is 33.5 Å². The van der Waals surface area contributed by atoms with Crippen LogP contribution in [0.15, 0.2) is 149 Å². The minimum Gasteiger partial charge on any atom is -0.506 e. The highest BCUT2D eigenvalue weighted by Crippen LogP contribution is 2.42. The van der Waals surface area contributed by atoms with E-state index in [9.17, 15) is 47.4 Å². The number of amides is 3. The molecule has 0 saturated heterocycles. The molecule has 0 aliphatic rings. The SMILES string of the molecule is CCC(Oc1ccc(C(C)(C)CC)cc1C(C)(C)CC)C(=O)Nc1ccc(Cl)c(NC(=O)C(Oc2ccc(C(=O)Nc3cc(S(=O)(=O)O)cc4c(N=Nc5ccc([N+](=O)[O-])cc5)c(O)ccc34)cc2)C(=O)c2ccc(OC)cc2)c1. The van der Waals surface area contributed by atoms with Crippen LogP contribution in [0.2, 0.25) is 5.02 Å². The summed E-state index contributed by atoms with van der Waals surface area (Å²) in [5.41, 5.74) is 1.76. The smallest absolute Gasteiger partial charge is 0.294 e. The van der Waals surface area contributed by atoms with Crippen LogP contribution in [0, 0.1) is 10.1 Å². The Labute approximate surface area is 467 Å². The van der Waals surface area contributed by atoms with Gasteiger partial charge in [-0.2, -0.15) is 13.5 Å². The van der Waals surface area contributed by atoms with Gasteiger partial charge in [-0.1, -0.05) is 72.2 Å². The third-order valence-electron chi connectivity index (χ3n) is 13.8. The van der Waals surface area contributed by atoms with Gasteiger partial charge in [-0.05, 0) is 145 Å². The Balaban J connectivity index is 1.12. The number of carbonyl (C=O) groups is 4. The first-order chi connectivity index (χ1) is 37.9. The van der Waals surface area contributed by atoms with Gasteiger partial charge in [0.1, 0.15) is 28.7 Å². The van der Waals surface area contributed by atoms with E-state index in [1.165, 1.54) is 110 Å². The number of nitro benzene ring substituents is 1. The molecule has 3 amide bonds. The van der Waals surface area contributed by atoms with Gasteiger partial charge in [-0.3, -0.25) is 33.8 Å². The Morgan fingerprint density at radius 2 is 1.35 bits per heavy atom. The number of aromatic hydroxyl groups is 1. The number of ether oxygens (including phenoxy) is 3. The zero-order chi connectivity index (χ0) is 58.3. The normalized spacial score (nSPS) is 12.6. The van der Waals surface area contributed by atoms with Gasteiger partial charge in [0.15, 0.2) is 6.10 Å². The summed E-state index contributed by atoms with van der Waals surface area (Å²) in [7, 11) is -3.46. The minimum absolute atomic E-state index is 0.0115. The van der Waals surface area contributed by atoms with E-state index < -0.39 is 61.4 Å². The predicted octanol–water partition coefficient (Wildman–Crippen LogP) is 13.5. The third kappa shape index (κ3) is 13.7. The van der Waals surface area contributed by atoms with E-state index in [1.807, 2.05) is 19.1 Å². The van der Waals surface area contributed by atoms with Crippen LogP contribution < -0.4 is 30.2 Å². The molecule has 0 bridgehead atoms. The van der Waals surface area contributed by atoms with E-state index in [1.54, 1.807) is 6.07 Å². The van der Waals surface area contributed by atoms with Crippen LogP contribution in [0.1, 0.15) is 99.6 Å². The van der Waals surface area contributed by atoms with Crippen LogP contribution in [0.5, 0.6) is 23.0 Å². The second-order valence-electron chi connectivity index (χ2n) is 19.9. The molecule has 2 unspecified atom stereocenters. The van der Waals surface area contributed by atoms with Crippen molar-refractivity contribution in [3.8, 4) is 23.0 Å². The topological polar surface area (TPSA) is 275 Å². The van der Waals surface area contributed by atoms with Crippen LogP contribution in [0.3, 0.4) is 0 Å². The predicted molar refractivity (Wildman–Crippen MR) is 305 cm³/mol. The Morgan fingerprint density at radius 3 is 1.96 bits per heavy atom. The molecule has 2 atom stereocenters. The number of carbonyl (C=O) groups excluding carboxylic acids is 4. The molecule has 0 aliphatic heterocycles. The van der Waals surface area contributed by atoms with E-state index in [-0.39, 0.29) is 77.6 Å². The van der Waals surface area contributed by atoms with Crippen molar-refractivity contribution in [2.75, 3.05) is 23.1 Å². The second-order valence-corrected chi connectivity index (χ2v) is 21.7. The number of rotatable bonds is 22. The summed E-state index contributed by atoms with van der Waals surface area (Å²) in [6.45, 7) is 14.8. The van der Waals surface area contributed by atoms with Crippen molar-refractivity contribution in [1.29, 1.82) is 0 Å². The maximum Gasteiger partial charge on any atom is 0.294 e. The zero-order valence-corrected chi connectivity index (χ0v) is 46.6. The average Bonchev–Trinajstić information content (AvgIpc) is 3.47. The van der Waals surface area contributed by atoms with Crippen molar-refractivity contribution in [3.63, 3.8) is 0 Å². The van der Waals surface area contributed by atoms with Crippen molar-refractivity contribution in [2.24, 2.45) is 10.2 Å². The highest BCUT2D eigenvalue weighted by Gasteiger charge is 2.32.